The van der Waals surface area contributed by atoms with Crippen LogP contribution in [0.4, 0.5) is 5.00 Å². The fourth-order valence-corrected chi connectivity index (χ4v) is 8.41. The second-order valence-electron chi connectivity index (χ2n) is 10.0. The largest absolute Gasteiger partial charge is 0.479 e. The molecule has 1 aromatic carbocycles. The Hall–Kier alpha value is -2.97. The predicted octanol–water partition coefficient (Wildman–Crippen LogP) is 4.67. The van der Waals surface area contributed by atoms with Gasteiger partial charge in [0.2, 0.25) is 5.89 Å². The number of thiophene rings is 1. The van der Waals surface area contributed by atoms with Crippen LogP contribution < -0.4 is 4.31 Å². The SMILES string of the molecule is Cc1c(-c2ncco2)sc2c1C(=O)N(C(C)(C)C(=O)O)S(=O)(=O)N2C[C@H](OC1CCOCC1)c1ccccc1Cl. The minimum atomic E-state index is -4.71. The highest BCUT2D eigenvalue weighted by Gasteiger charge is 2.54. The highest BCUT2D eigenvalue weighted by atomic mass is 35.5. The Bertz CT molecular complexity index is 1530. The molecule has 2 aliphatic heterocycles. The molecule has 0 radical (unpaired) electrons. The molecule has 1 saturated heterocycles. The Morgan fingerprint density at radius 3 is 2.62 bits per heavy atom. The van der Waals surface area contributed by atoms with Crippen molar-refractivity contribution in [3.05, 3.63) is 58.4 Å². The minimum Gasteiger partial charge on any atom is -0.479 e. The number of benzene rings is 1. The number of aliphatic carboxylic acids is 1. The van der Waals surface area contributed by atoms with Crippen LogP contribution in [0.3, 0.4) is 0 Å². The van der Waals surface area contributed by atoms with Gasteiger partial charge in [-0.3, -0.25) is 4.79 Å². The van der Waals surface area contributed by atoms with Gasteiger partial charge in [-0.2, -0.15) is 8.42 Å². The quantitative estimate of drug-likeness (QED) is 0.386. The van der Waals surface area contributed by atoms with E-state index in [2.05, 4.69) is 4.98 Å². The monoisotopic (exact) mass is 609 g/mol. The number of amides is 1. The van der Waals surface area contributed by atoms with Gasteiger partial charge >= 0.3 is 16.2 Å². The molecule has 0 saturated carbocycles. The maximum absolute atomic E-state index is 14.2. The number of ether oxygens (including phenoxy) is 2. The Morgan fingerprint density at radius 2 is 2.00 bits per heavy atom. The van der Waals surface area contributed by atoms with Crippen molar-refractivity contribution in [1.82, 2.24) is 9.29 Å². The topological polar surface area (TPSA) is 139 Å². The van der Waals surface area contributed by atoms with Crippen LogP contribution in [-0.4, -0.2) is 66.1 Å². The molecule has 1 amide bonds. The van der Waals surface area contributed by atoms with Crippen molar-refractivity contribution in [3.63, 3.8) is 0 Å². The van der Waals surface area contributed by atoms with Crippen molar-refractivity contribution >= 4 is 50.0 Å². The molecule has 2 aliphatic rings. The van der Waals surface area contributed by atoms with E-state index in [1.54, 1.807) is 31.2 Å². The average Bonchev–Trinajstić information content (AvgIpc) is 3.54. The molecule has 0 bridgehead atoms. The molecular formula is C26H28ClN3O8S2. The highest BCUT2D eigenvalue weighted by molar-refractivity contribution is 7.91. The van der Waals surface area contributed by atoms with Crippen LogP contribution in [-0.2, 0) is 24.5 Å². The molecule has 0 spiro atoms. The van der Waals surface area contributed by atoms with Crippen molar-refractivity contribution in [2.75, 3.05) is 24.1 Å². The molecule has 3 aromatic rings. The number of nitrogens with zero attached hydrogens (tertiary/aromatic N) is 3. The minimum absolute atomic E-state index is 0.0614. The Balaban J connectivity index is 1.68. The molecule has 0 unspecified atom stereocenters. The zero-order chi connectivity index (χ0) is 28.8. The number of carbonyl (C=O) groups excluding carboxylic acids is 1. The number of hydrogen-bond acceptors (Lipinski definition) is 9. The van der Waals surface area contributed by atoms with E-state index in [0.717, 1.165) is 15.6 Å². The molecule has 2 aromatic heterocycles. The molecule has 1 N–H and O–H groups in total. The van der Waals surface area contributed by atoms with E-state index >= 15 is 0 Å². The maximum atomic E-state index is 14.2. The van der Waals surface area contributed by atoms with Crippen molar-refractivity contribution in [2.45, 2.75) is 51.4 Å². The van der Waals surface area contributed by atoms with E-state index in [4.69, 9.17) is 25.5 Å². The Morgan fingerprint density at radius 1 is 1.30 bits per heavy atom. The number of hydrogen-bond donors (Lipinski definition) is 1. The lowest BCUT2D eigenvalue weighted by Gasteiger charge is -2.42. The lowest BCUT2D eigenvalue weighted by atomic mass is 10.0. The zero-order valence-electron chi connectivity index (χ0n) is 22.0. The molecule has 214 valence electrons. The zero-order valence-corrected chi connectivity index (χ0v) is 24.4. The molecule has 4 heterocycles. The first kappa shape index (κ1) is 28.6. The fraction of sp³-hybridized carbons (Fsp3) is 0.423. The molecular weight excluding hydrogens is 582 g/mol. The van der Waals surface area contributed by atoms with Crippen LogP contribution in [0.2, 0.25) is 5.02 Å². The van der Waals surface area contributed by atoms with Crippen LogP contribution in [0.15, 0.2) is 41.1 Å². The molecule has 5 rings (SSSR count). The summed E-state index contributed by atoms with van der Waals surface area (Å²) in [6, 6.07) is 6.98. The van der Waals surface area contributed by atoms with Gasteiger partial charge in [0.05, 0.1) is 29.3 Å². The van der Waals surface area contributed by atoms with Crippen LogP contribution >= 0.6 is 22.9 Å². The second-order valence-corrected chi connectivity index (χ2v) is 13.1. The molecule has 14 heteroatoms. The molecule has 40 heavy (non-hydrogen) atoms. The van der Waals surface area contributed by atoms with E-state index in [1.807, 2.05) is 0 Å². The third kappa shape index (κ3) is 4.90. The fourth-order valence-electron chi connectivity index (χ4n) is 4.83. The normalized spacial score (nSPS) is 18.6. The number of carboxylic acids is 1. The van der Waals surface area contributed by atoms with Gasteiger partial charge in [0.15, 0.2) is 5.54 Å². The number of anilines is 1. The summed E-state index contributed by atoms with van der Waals surface area (Å²) in [7, 11) is -4.71. The summed E-state index contributed by atoms with van der Waals surface area (Å²) in [4.78, 5) is 30.7. The average molecular weight is 610 g/mol. The lowest BCUT2D eigenvalue weighted by Crippen LogP contribution is -2.62. The van der Waals surface area contributed by atoms with E-state index in [9.17, 15) is 23.1 Å². The summed E-state index contributed by atoms with van der Waals surface area (Å²) >= 11 is 7.58. The third-order valence-corrected chi connectivity index (χ3v) is 10.8. The van der Waals surface area contributed by atoms with Crippen molar-refractivity contribution in [3.8, 4) is 10.8 Å². The Kier molecular flexibility index (Phi) is 7.70. The predicted molar refractivity (Wildman–Crippen MR) is 148 cm³/mol. The lowest BCUT2D eigenvalue weighted by molar-refractivity contribution is -0.145. The van der Waals surface area contributed by atoms with Gasteiger partial charge in [-0.25, -0.2) is 18.4 Å². The maximum Gasteiger partial charge on any atom is 0.330 e. The van der Waals surface area contributed by atoms with Crippen LogP contribution in [0, 0.1) is 6.92 Å². The summed E-state index contributed by atoms with van der Waals surface area (Å²) < 4.78 is 47.3. The summed E-state index contributed by atoms with van der Waals surface area (Å²) in [5.74, 6) is -2.20. The van der Waals surface area contributed by atoms with Crippen LogP contribution in [0.1, 0.15) is 54.3 Å². The van der Waals surface area contributed by atoms with Crippen LogP contribution in [0.5, 0.6) is 0 Å². The van der Waals surface area contributed by atoms with Crippen LogP contribution in [0.25, 0.3) is 10.8 Å². The molecule has 0 aliphatic carbocycles. The number of aromatic nitrogens is 1. The van der Waals surface area contributed by atoms with Crippen molar-refractivity contribution in [1.29, 1.82) is 0 Å². The molecule has 1 atom stereocenters. The number of oxazole rings is 1. The van der Waals surface area contributed by atoms with Gasteiger partial charge < -0.3 is 19.0 Å². The van der Waals surface area contributed by atoms with Crippen molar-refractivity contribution in [2.24, 2.45) is 0 Å². The first-order valence-corrected chi connectivity index (χ1v) is 15.2. The van der Waals surface area contributed by atoms with Gasteiger partial charge in [0.25, 0.3) is 5.91 Å². The van der Waals surface area contributed by atoms with E-state index in [-0.39, 0.29) is 29.1 Å². The number of fused-ring (bicyclic) bond motifs is 1. The first-order valence-electron chi connectivity index (χ1n) is 12.6. The number of carbonyl (C=O) groups is 2. The number of rotatable bonds is 8. The van der Waals surface area contributed by atoms with Crippen molar-refractivity contribution < 1.29 is 37.0 Å². The standard InChI is InChI=1S/C26H28ClN3O8S2/c1-15-20-23(31)30(26(2,3)25(32)33)40(34,35)29(24(20)39-21(15)22-28-10-13-37-22)14-19(17-6-4-5-7-18(17)27)38-16-8-11-36-12-9-16/h4-7,10,13,16,19H,8-9,11-12,14H2,1-3H3,(H,32,33)/t19-/m0/s1. The summed E-state index contributed by atoms with van der Waals surface area (Å²) in [5.41, 5.74) is -1.04. The third-order valence-electron chi connectivity index (χ3n) is 7.03. The molecule has 1 fully saturated rings. The second kappa shape index (κ2) is 10.8. The summed E-state index contributed by atoms with van der Waals surface area (Å²) in [6.07, 6.45) is 2.99. The Labute approximate surface area is 240 Å². The number of carboxylic acid groups (broad SMARTS) is 1. The van der Waals surface area contributed by atoms with Gasteiger partial charge in [0.1, 0.15) is 17.4 Å². The smallest absolute Gasteiger partial charge is 0.330 e. The summed E-state index contributed by atoms with van der Waals surface area (Å²) in [6.45, 7) is 4.75. The van der Waals surface area contributed by atoms with Gasteiger partial charge in [-0.15, -0.1) is 11.3 Å². The molecule has 11 nitrogen and oxygen atoms in total. The van der Waals surface area contributed by atoms with Gasteiger partial charge in [0, 0.05) is 23.8 Å². The number of halogens is 1. The van der Waals surface area contributed by atoms with E-state index < -0.39 is 33.7 Å². The van der Waals surface area contributed by atoms with Gasteiger partial charge in [-0.1, -0.05) is 29.8 Å². The summed E-state index contributed by atoms with van der Waals surface area (Å²) in [5, 5.41) is 10.5. The van der Waals surface area contributed by atoms with Gasteiger partial charge in [-0.05, 0) is 45.2 Å². The highest BCUT2D eigenvalue weighted by Crippen LogP contribution is 2.48. The van der Waals surface area contributed by atoms with E-state index in [1.165, 1.54) is 26.3 Å². The first-order chi connectivity index (χ1) is 18.9. The van der Waals surface area contributed by atoms with E-state index in [0.29, 0.717) is 51.4 Å².